The summed E-state index contributed by atoms with van der Waals surface area (Å²) in [6.07, 6.45) is 11.8. The summed E-state index contributed by atoms with van der Waals surface area (Å²) in [4.78, 5) is 22.6. The minimum atomic E-state index is -1.74. The molecule has 0 fully saturated rings. The second kappa shape index (κ2) is 19.8. The van der Waals surface area contributed by atoms with E-state index < -0.39 is 24.0 Å². The standard InChI is InChI=1S/C20H38O5.2C4H9.Sn/c1-3-5-7-9-11-13-15-20(19(23)24,17-18(21)22)25-16-14-12-10-8-6-4-2;2*1-4(2)3;/h3-17H2,1-2H3,(H,21,22)(H,23,24);2*1-3H3;/q;;;+2/p-2. The molecule has 1 unspecified atom stereocenters. The van der Waals surface area contributed by atoms with Crippen molar-refractivity contribution in [3.63, 3.8) is 0 Å². The number of carboxylic acid groups (broad SMARTS) is 2. The number of carboxylic acids is 2. The fourth-order valence-corrected chi connectivity index (χ4v) is 10.6. The Morgan fingerprint density at radius 3 is 1.44 bits per heavy atom. The molecule has 0 N–H and O–H groups in total. The SMILES string of the molecule is CCCCCCCCOC(CCCCCCCC)(CC(=O)[O-])C(=O)[O-].C[C](C)(C)[Sn+2][C](C)(C)C. The first-order valence-electron chi connectivity index (χ1n) is 13.5. The number of carbonyl (C=O) groups excluding carboxylic acids is 2. The van der Waals surface area contributed by atoms with Gasteiger partial charge in [-0.3, -0.25) is 0 Å². The summed E-state index contributed by atoms with van der Waals surface area (Å²) in [5.41, 5.74) is -1.74. The Morgan fingerprint density at radius 2 is 1.09 bits per heavy atom. The quantitative estimate of drug-likeness (QED) is 0.147. The molecule has 0 aromatic carbocycles. The molecule has 0 aliphatic heterocycles. The predicted octanol–water partition coefficient (Wildman–Crippen LogP) is 5.87. The van der Waals surface area contributed by atoms with Gasteiger partial charge in [-0.2, -0.15) is 0 Å². The fourth-order valence-electron chi connectivity index (χ4n) is 4.14. The van der Waals surface area contributed by atoms with E-state index in [1.54, 1.807) is 0 Å². The van der Waals surface area contributed by atoms with Crippen molar-refractivity contribution in [3.8, 4) is 0 Å². The van der Waals surface area contributed by atoms with Crippen molar-refractivity contribution in [2.75, 3.05) is 6.61 Å². The molecule has 0 aromatic rings. The van der Waals surface area contributed by atoms with E-state index in [0.717, 1.165) is 44.9 Å². The van der Waals surface area contributed by atoms with Crippen molar-refractivity contribution in [1.29, 1.82) is 0 Å². The number of rotatable bonds is 18. The Labute approximate surface area is 221 Å². The summed E-state index contributed by atoms with van der Waals surface area (Å²) in [7, 11) is 0. The van der Waals surface area contributed by atoms with Crippen LogP contribution in [0.3, 0.4) is 0 Å². The maximum atomic E-state index is 11.6. The van der Waals surface area contributed by atoms with Crippen LogP contribution in [0.15, 0.2) is 0 Å². The van der Waals surface area contributed by atoms with Crippen LogP contribution in [0, 0.1) is 0 Å². The van der Waals surface area contributed by atoms with Gasteiger partial charge in [0.2, 0.25) is 0 Å². The van der Waals surface area contributed by atoms with E-state index in [1.807, 2.05) is 0 Å². The van der Waals surface area contributed by atoms with Gasteiger partial charge in [-0.1, -0.05) is 84.5 Å². The summed E-state index contributed by atoms with van der Waals surface area (Å²) in [6.45, 7) is 18.7. The van der Waals surface area contributed by atoms with Gasteiger partial charge in [0.1, 0.15) is 5.60 Å². The molecule has 0 amide bonds. The fraction of sp³-hybridized carbons (Fsp3) is 0.929. The van der Waals surface area contributed by atoms with Crippen LogP contribution in [0.25, 0.3) is 0 Å². The Morgan fingerprint density at radius 1 is 0.676 bits per heavy atom. The van der Waals surface area contributed by atoms with E-state index in [2.05, 4.69) is 55.4 Å². The summed E-state index contributed by atoms with van der Waals surface area (Å²) in [5.74, 6) is -2.84. The van der Waals surface area contributed by atoms with Crippen LogP contribution in [-0.2, 0) is 14.3 Å². The van der Waals surface area contributed by atoms with Crippen LogP contribution in [0.4, 0.5) is 0 Å². The summed E-state index contributed by atoms with van der Waals surface area (Å²) < 4.78 is 6.86. The molecule has 0 aromatic heterocycles. The average Bonchev–Trinajstić information content (AvgIpc) is 2.66. The van der Waals surface area contributed by atoms with Crippen molar-refractivity contribution in [2.24, 2.45) is 0 Å². The monoisotopic (exact) mass is 590 g/mol. The summed E-state index contributed by atoms with van der Waals surface area (Å²) in [6, 6.07) is 0. The molecule has 200 valence electrons. The van der Waals surface area contributed by atoms with Gasteiger partial charge in [-0.15, -0.1) is 0 Å². The van der Waals surface area contributed by atoms with Gasteiger partial charge in [0.25, 0.3) is 0 Å². The molecule has 0 saturated heterocycles. The van der Waals surface area contributed by atoms with Crippen LogP contribution >= 0.6 is 0 Å². The zero-order valence-electron chi connectivity index (χ0n) is 23.6. The molecule has 34 heavy (non-hydrogen) atoms. The van der Waals surface area contributed by atoms with Crippen molar-refractivity contribution >= 4 is 33.1 Å². The van der Waals surface area contributed by atoms with E-state index >= 15 is 0 Å². The molecule has 0 rings (SSSR count). The Balaban J connectivity index is 0. The number of unbranched alkanes of at least 4 members (excludes halogenated alkanes) is 10. The Hall–Kier alpha value is -0.301. The first-order chi connectivity index (χ1) is 15.7. The molecule has 0 spiro atoms. The van der Waals surface area contributed by atoms with Gasteiger partial charge >= 0.3 is 69.5 Å². The maximum absolute atomic E-state index is 11.6. The number of ether oxygens (including phenoxy) is 1. The summed E-state index contributed by atoms with van der Waals surface area (Å²) in [5, 5.41) is 22.6. The van der Waals surface area contributed by atoms with Crippen LogP contribution < -0.4 is 10.2 Å². The number of carbonyl (C=O) groups is 2. The van der Waals surface area contributed by atoms with E-state index in [4.69, 9.17) is 4.74 Å². The predicted molar refractivity (Wildman–Crippen MR) is 140 cm³/mol. The van der Waals surface area contributed by atoms with Crippen LogP contribution in [-0.4, -0.2) is 45.3 Å². The molecule has 0 heterocycles. The van der Waals surface area contributed by atoms with Gasteiger partial charge in [-0.25, -0.2) is 0 Å². The molecule has 0 bridgehead atoms. The minimum absolute atomic E-state index is 0.172. The van der Waals surface area contributed by atoms with Crippen molar-refractivity contribution in [1.82, 2.24) is 0 Å². The van der Waals surface area contributed by atoms with Crippen LogP contribution in [0.5, 0.6) is 0 Å². The van der Waals surface area contributed by atoms with Crippen molar-refractivity contribution < 1.29 is 24.5 Å². The van der Waals surface area contributed by atoms with Crippen LogP contribution in [0.1, 0.15) is 145 Å². The molecular formula is C28H54O5Sn. The third kappa shape index (κ3) is 23.4. The first-order valence-corrected chi connectivity index (χ1v) is 16.4. The van der Waals surface area contributed by atoms with E-state index in [-0.39, 0.29) is 34.2 Å². The van der Waals surface area contributed by atoms with Crippen molar-refractivity contribution in [2.45, 2.75) is 158 Å². The van der Waals surface area contributed by atoms with Gasteiger partial charge in [0.05, 0.1) is 5.97 Å². The third-order valence-electron chi connectivity index (χ3n) is 5.36. The molecule has 0 aliphatic rings. The number of hydrogen-bond donors (Lipinski definition) is 0. The van der Waals surface area contributed by atoms with Crippen LogP contribution in [0.2, 0.25) is 6.86 Å². The second-order valence-electron chi connectivity index (χ2n) is 11.6. The molecule has 6 heteroatoms. The van der Waals surface area contributed by atoms with E-state index in [0.29, 0.717) is 13.3 Å². The van der Waals surface area contributed by atoms with Crippen molar-refractivity contribution in [3.05, 3.63) is 0 Å². The Kier molecular flexibility index (Phi) is 20.9. The van der Waals surface area contributed by atoms with E-state index in [1.165, 1.54) is 25.7 Å². The van der Waals surface area contributed by atoms with Gasteiger partial charge in [0.15, 0.2) is 0 Å². The Bertz CT molecular complexity index is 510. The topological polar surface area (TPSA) is 89.5 Å². The van der Waals surface area contributed by atoms with Gasteiger partial charge < -0.3 is 24.5 Å². The molecule has 0 saturated carbocycles. The first kappa shape index (κ1) is 35.9. The zero-order valence-corrected chi connectivity index (χ0v) is 26.5. The van der Waals surface area contributed by atoms with E-state index in [9.17, 15) is 19.8 Å². The average molecular weight is 589 g/mol. The molecule has 0 aliphatic carbocycles. The zero-order chi connectivity index (χ0) is 26.7. The van der Waals surface area contributed by atoms with Gasteiger partial charge in [0, 0.05) is 19.0 Å². The number of aliphatic carboxylic acids is 2. The summed E-state index contributed by atoms with van der Waals surface area (Å²) >= 11 is -0.182. The molecule has 0 radical (unpaired) electrons. The molecule has 1 atom stereocenters. The number of hydrogen-bond acceptors (Lipinski definition) is 5. The van der Waals surface area contributed by atoms with Gasteiger partial charge in [-0.05, 0) is 12.8 Å². The third-order valence-corrected chi connectivity index (χ3v) is 9.64. The molecular weight excluding hydrogens is 535 g/mol. The normalized spacial score (nSPS) is 13.4. The second-order valence-corrected chi connectivity index (χ2v) is 20.9. The molecule has 5 nitrogen and oxygen atoms in total.